The summed E-state index contributed by atoms with van der Waals surface area (Å²) in [6.07, 6.45) is 2.21. The molecule has 5 rings (SSSR count). The van der Waals surface area contributed by atoms with Gasteiger partial charge in [-0.2, -0.15) is 5.10 Å². The molecule has 0 aliphatic carbocycles. The number of hydrogen-bond acceptors (Lipinski definition) is 5. The third-order valence-electron chi connectivity index (χ3n) is 5.21. The third kappa shape index (κ3) is 2.79. The van der Waals surface area contributed by atoms with Crippen LogP contribution in [-0.4, -0.2) is 25.4 Å². The number of rotatable bonds is 3. The molecule has 1 aliphatic heterocycles. The quantitative estimate of drug-likeness (QED) is 0.419. The fourth-order valence-electron chi connectivity index (χ4n) is 3.78. The molecule has 150 valence electrons. The summed E-state index contributed by atoms with van der Waals surface area (Å²) in [5.74, 6) is -1.03. The molecular weight excluding hydrogens is 389 g/mol. The van der Waals surface area contributed by atoms with Crippen molar-refractivity contribution in [3.63, 3.8) is 0 Å². The molecule has 8 nitrogen and oxygen atoms in total. The van der Waals surface area contributed by atoms with E-state index in [0.29, 0.717) is 12.1 Å². The van der Waals surface area contributed by atoms with Crippen molar-refractivity contribution in [2.24, 2.45) is 5.10 Å². The molecule has 1 atom stereocenters. The summed E-state index contributed by atoms with van der Waals surface area (Å²) < 4.78 is 14.2. The minimum Gasteiger partial charge on any atom is -0.493 e. The topological polar surface area (TPSA) is 115 Å². The lowest BCUT2D eigenvalue weighted by atomic mass is 9.99. The van der Waals surface area contributed by atoms with Crippen molar-refractivity contribution in [2.45, 2.75) is 12.5 Å². The highest BCUT2D eigenvalue weighted by atomic mass is 19.1. The van der Waals surface area contributed by atoms with E-state index in [1.54, 1.807) is 0 Å². The molecule has 4 aromatic rings. The van der Waals surface area contributed by atoms with Crippen LogP contribution in [0.25, 0.3) is 16.6 Å². The number of hydrogen-bond donors (Lipinski definition) is 4. The van der Waals surface area contributed by atoms with Gasteiger partial charge in [-0.3, -0.25) is 9.78 Å². The van der Waals surface area contributed by atoms with Crippen molar-refractivity contribution >= 4 is 16.6 Å². The van der Waals surface area contributed by atoms with Crippen molar-refractivity contribution in [1.29, 1.82) is 0 Å². The average molecular weight is 405 g/mol. The molecule has 0 saturated carbocycles. The standard InChI is InChI=1S/C21H16FN5O3/c22-11-5-7-12(8-6-11)27-20(29)18(19(28)24-21(27)30)17-9-16(25-26-17)14-10-23-15-4-2-1-3-13(14)15/h1-8,10,16,23,25,29H,9H2,(H,24,28,30). The maximum Gasteiger partial charge on any atom is 0.335 e. The highest BCUT2D eigenvalue weighted by Crippen LogP contribution is 2.31. The zero-order valence-corrected chi connectivity index (χ0v) is 15.5. The molecular formula is C21H16FN5O3. The summed E-state index contributed by atoms with van der Waals surface area (Å²) in [4.78, 5) is 30.2. The van der Waals surface area contributed by atoms with Gasteiger partial charge < -0.3 is 15.5 Å². The van der Waals surface area contributed by atoms with E-state index in [9.17, 15) is 19.1 Å². The SMILES string of the molecule is O=c1[nH]c(=O)n(-c2ccc(F)cc2)c(O)c1C1=NNC(c2c[nH]c3ccccc23)C1. The van der Waals surface area contributed by atoms with Gasteiger partial charge in [-0.15, -0.1) is 0 Å². The predicted molar refractivity (Wildman–Crippen MR) is 110 cm³/mol. The Morgan fingerprint density at radius 1 is 1.10 bits per heavy atom. The molecule has 1 unspecified atom stereocenters. The number of benzene rings is 2. The van der Waals surface area contributed by atoms with Gasteiger partial charge in [-0.1, -0.05) is 18.2 Å². The Balaban J connectivity index is 1.55. The first-order chi connectivity index (χ1) is 14.5. The van der Waals surface area contributed by atoms with E-state index in [4.69, 9.17) is 0 Å². The molecule has 0 fully saturated rings. The molecule has 1 aliphatic rings. The first kappa shape index (κ1) is 17.9. The van der Waals surface area contributed by atoms with Crippen molar-refractivity contribution in [2.75, 3.05) is 0 Å². The number of para-hydroxylation sites is 1. The minimum absolute atomic E-state index is 0.103. The van der Waals surface area contributed by atoms with Gasteiger partial charge in [0.2, 0.25) is 5.88 Å². The van der Waals surface area contributed by atoms with E-state index in [0.717, 1.165) is 33.2 Å². The van der Waals surface area contributed by atoms with Gasteiger partial charge in [0.25, 0.3) is 5.56 Å². The normalized spacial score (nSPS) is 15.9. The van der Waals surface area contributed by atoms with Crippen LogP contribution in [0.1, 0.15) is 23.6 Å². The van der Waals surface area contributed by atoms with Crippen LogP contribution in [0.15, 0.2) is 69.4 Å². The van der Waals surface area contributed by atoms with Gasteiger partial charge in [0.05, 0.1) is 17.4 Å². The van der Waals surface area contributed by atoms with E-state index >= 15 is 0 Å². The van der Waals surface area contributed by atoms with Gasteiger partial charge >= 0.3 is 5.69 Å². The number of nitrogens with one attached hydrogen (secondary N) is 3. The largest absolute Gasteiger partial charge is 0.493 e. The lowest BCUT2D eigenvalue weighted by Gasteiger charge is -2.12. The van der Waals surface area contributed by atoms with E-state index in [1.165, 1.54) is 12.1 Å². The molecule has 3 heterocycles. The molecule has 0 radical (unpaired) electrons. The van der Waals surface area contributed by atoms with Gasteiger partial charge in [0.15, 0.2) is 0 Å². The van der Waals surface area contributed by atoms with Crippen LogP contribution < -0.4 is 16.7 Å². The second-order valence-electron chi connectivity index (χ2n) is 7.00. The maximum absolute atomic E-state index is 13.2. The summed E-state index contributed by atoms with van der Waals surface area (Å²) in [6, 6.07) is 12.6. The highest BCUT2D eigenvalue weighted by Gasteiger charge is 2.28. The summed E-state index contributed by atoms with van der Waals surface area (Å²) in [5, 5.41) is 16.0. The first-order valence-corrected chi connectivity index (χ1v) is 9.25. The average Bonchev–Trinajstić information content (AvgIpc) is 3.36. The molecule has 0 spiro atoms. The second-order valence-corrected chi connectivity index (χ2v) is 7.00. The Morgan fingerprint density at radius 2 is 1.87 bits per heavy atom. The molecule has 0 bridgehead atoms. The predicted octanol–water partition coefficient (Wildman–Crippen LogP) is 2.29. The first-order valence-electron chi connectivity index (χ1n) is 9.25. The van der Waals surface area contributed by atoms with Crippen LogP contribution in [0.5, 0.6) is 5.88 Å². The summed E-state index contributed by atoms with van der Waals surface area (Å²) in [6.45, 7) is 0. The van der Waals surface area contributed by atoms with Crippen molar-refractivity contribution < 1.29 is 9.50 Å². The summed E-state index contributed by atoms with van der Waals surface area (Å²) >= 11 is 0. The lowest BCUT2D eigenvalue weighted by Crippen LogP contribution is -2.33. The van der Waals surface area contributed by atoms with E-state index < -0.39 is 22.9 Å². The number of aromatic hydroxyl groups is 1. The van der Waals surface area contributed by atoms with E-state index in [2.05, 4.69) is 20.5 Å². The van der Waals surface area contributed by atoms with E-state index in [1.807, 2.05) is 30.5 Å². The Hall–Kier alpha value is -4.14. The highest BCUT2D eigenvalue weighted by molar-refractivity contribution is 6.03. The van der Waals surface area contributed by atoms with Crippen molar-refractivity contribution in [1.82, 2.24) is 20.0 Å². The monoisotopic (exact) mass is 405 g/mol. The zero-order valence-electron chi connectivity index (χ0n) is 15.5. The van der Waals surface area contributed by atoms with E-state index in [-0.39, 0.29) is 17.3 Å². The molecule has 0 saturated heterocycles. The Bertz CT molecular complexity index is 1420. The Labute approximate surface area is 168 Å². The van der Waals surface area contributed by atoms with Gasteiger partial charge in [0.1, 0.15) is 11.4 Å². The van der Waals surface area contributed by atoms with Crippen molar-refractivity contribution in [3.8, 4) is 11.6 Å². The van der Waals surface area contributed by atoms with Crippen molar-refractivity contribution in [3.05, 3.63) is 92.5 Å². The fourth-order valence-corrected chi connectivity index (χ4v) is 3.78. The smallest absolute Gasteiger partial charge is 0.335 e. The number of nitrogens with zero attached hydrogens (tertiary/aromatic N) is 2. The second kappa shape index (κ2) is 6.73. The zero-order chi connectivity index (χ0) is 20.8. The van der Waals surface area contributed by atoms with Gasteiger partial charge in [0, 0.05) is 29.1 Å². The van der Waals surface area contributed by atoms with Gasteiger partial charge in [-0.25, -0.2) is 13.8 Å². The van der Waals surface area contributed by atoms with Crippen LogP contribution in [0, 0.1) is 5.82 Å². The minimum atomic E-state index is -0.826. The molecule has 2 aromatic carbocycles. The number of halogens is 1. The van der Waals surface area contributed by atoms with Crippen LogP contribution in [0.4, 0.5) is 4.39 Å². The number of fused-ring (bicyclic) bond motifs is 1. The number of hydrazone groups is 1. The van der Waals surface area contributed by atoms with Crippen LogP contribution in [0.2, 0.25) is 0 Å². The summed E-state index contributed by atoms with van der Waals surface area (Å²) in [7, 11) is 0. The number of aromatic nitrogens is 3. The molecule has 0 amide bonds. The molecule has 9 heteroatoms. The lowest BCUT2D eigenvalue weighted by molar-refractivity contribution is 0.429. The Kier molecular flexibility index (Phi) is 4.02. The molecule has 30 heavy (non-hydrogen) atoms. The van der Waals surface area contributed by atoms with Crippen LogP contribution in [-0.2, 0) is 0 Å². The number of aromatic amines is 2. The van der Waals surface area contributed by atoms with Crippen LogP contribution in [0.3, 0.4) is 0 Å². The van der Waals surface area contributed by atoms with Crippen LogP contribution >= 0.6 is 0 Å². The Morgan fingerprint density at radius 3 is 2.67 bits per heavy atom. The fraction of sp³-hybridized carbons (Fsp3) is 0.0952. The summed E-state index contributed by atoms with van der Waals surface area (Å²) in [5.41, 5.74) is 3.83. The van der Waals surface area contributed by atoms with Gasteiger partial charge in [-0.05, 0) is 30.3 Å². The molecule has 4 N–H and O–H groups in total. The number of H-pyrrole nitrogens is 2. The third-order valence-corrected chi connectivity index (χ3v) is 5.21. The maximum atomic E-state index is 13.2. The molecule has 2 aromatic heterocycles.